The zero-order valence-electron chi connectivity index (χ0n) is 5.84. The van der Waals surface area contributed by atoms with Gasteiger partial charge in [-0.3, -0.25) is 0 Å². The third-order valence-electron chi connectivity index (χ3n) is 1.17. The van der Waals surface area contributed by atoms with Crippen molar-refractivity contribution < 1.29 is 4.39 Å². The van der Waals surface area contributed by atoms with Gasteiger partial charge in [0.25, 0.3) is 0 Å². The molecule has 0 bridgehead atoms. The van der Waals surface area contributed by atoms with E-state index in [-0.39, 0.29) is 10.0 Å². The topological polar surface area (TPSA) is 12.0 Å². The number of halogens is 2. The van der Waals surface area contributed by atoms with E-state index in [0.29, 0.717) is 5.02 Å². The van der Waals surface area contributed by atoms with E-state index in [1.54, 1.807) is 6.07 Å². The molecule has 0 heterocycles. The Morgan fingerprint density at radius 2 is 2.25 bits per heavy atom. The lowest BCUT2D eigenvalue weighted by Crippen LogP contribution is -2.02. The molecule has 0 aromatic heterocycles. The monoisotopic (exact) mass is 221 g/mol. The van der Waals surface area contributed by atoms with Crippen molar-refractivity contribution in [2.24, 2.45) is 0 Å². The quantitative estimate of drug-likeness (QED) is 0.558. The maximum atomic E-state index is 13.0. The Hall–Kier alpha value is -0.320. The van der Waals surface area contributed by atoms with Crippen LogP contribution < -0.4 is 5.32 Å². The molecular formula is C7H5ClFNS2. The molecule has 1 aromatic rings. The highest BCUT2D eigenvalue weighted by Gasteiger charge is 2.01. The van der Waals surface area contributed by atoms with Gasteiger partial charge in [-0.2, -0.15) is 0 Å². The smallest absolute Gasteiger partial charge is 0.148 e. The molecule has 0 atom stereocenters. The van der Waals surface area contributed by atoms with Crippen LogP contribution in [0.5, 0.6) is 0 Å². The predicted molar refractivity (Wildman–Crippen MR) is 56.6 cm³/mol. The van der Waals surface area contributed by atoms with Crippen LogP contribution in [0.2, 0.25) is 5.02 Å². The predicted octanol–water partition coefficient (Wildman–Crippen LogP) is 3.11. The number of benzene rings is 1. The molecule has 12 heavy (non-hydrogen) atoms. The fraction of sp³-hybridized carbons (Fsp3) is 0. The molecule has 0 aliphatic carbocycles. The third-order valence-corrected chi connectivity index (χ3v) is 1.62. The molecule has 0 spiro atoms. The molecule has 1 nitrogen and oxygen atoms in total. The molecule has 5 heteroatoms. The van der Waals surface area contributed by atoms with Crippen molar-refractivity contribution in [2.75, 3.05) is 5.32 Å². The van der Waals surface area contributed by atoms with Gasteiger partial charge in [-0.25, -0.2) is 4.39 Å². The fourth-order valence-electron chi connectivity index (χ4n) is 0.706. The fourth-order valence-corrected chi connectivity index (χ4v) is 1.10. The first kappa shape index (κ1) is 9.77. The Morgan fingerprint density at radius 3 is 2.75 bits per heavy atom. The van der Waals surface area contributed by atoms with Crippen molar-refractivity contribution in [1.29, 1.82) is 0 Å². The Morgan fingerprint density at radius 1 is 1.58 bits per heavy atom. The number of thiocarbonyl (C=S) groups is 1. The van der Waals surface area contributed by atoms with Gasteiger partial charge in [-0.15, -0.1) is 12.6 Å². The van der Waals surface area contributed by atoms with Crippen LogP contribution in [-0.4, -0.2) is 4.32 Å². The van der Waals surface area contributed by atoms with Gasteiger partial charge in [0.05, 0.1) is 5.69 Å². The van der Waals surface area contributed by atoms with Crippen LogP contribution in [0, 0.1) is 5.82 Å². The van der Waals surface area contributed by atoms with Crippen LogP contribution in [-0.2, 0) is 0 Å². The lowest BCUT2D eigenvalue weighted by molar-refractivity contribution is 0.632. The van der Waals surface area contributed by atoms with Crippen LogP contribution in [0.4, 0.5) is 10.1 Å². The van der Waals surface area contributed by atoms with Gasteiger partial charge in [0.2, 0.25) is 0 Å². The molecule has 0 saturated heterocycles. The van der Waals surface area contributed by atoms with Crippen molar-refractivity contribution in [3.05, 3.63) is 29.0 Å². The lowest BCUT2D eigenvalue weighted by atomic mass is 10.3. The third kappa shape index (κ3) is 2.62. The highest BCUT2D eigenvalue weighted by atomic mass is 35.5. The molecule has 0 radical (unpaired) electrons. The number of rotatable bonds is 1. The number of nitrogens with one attached hydrogen (secondary N) is 1. The van der Waals surface area contributed by atoms with Gasteiger partial charge in [0, 0.05) is 5.02 Å². The van der Waals surface area contributed by atoms with E-state index in [9.17, 15) is 4.39 Å². The molecule has 0 amide bonds. The minimum absolute atomic E-state index is 0.219. The van der Waals surface area contributed by atoms with Crippen molar-refractivity contribution in [3.8, 4) is 0 Å². The zero-order chi connectivity index (χ0) is 9.14. The molecule has 1 rings (SSSR count). The van der Waals surface area contributed by atoms with Crippen LogP contribution in [0.3, 0.4) is 0 Å². The average molecular weight is 222 g/mol. The Bertz CT molecular complexity index is 316. The van der Waals surface area contributed by atoms with E-state index in [0.717, 1.165) is 0 Å². The largest absolute Gasteiger partial charge is 0.339 e. The Kier molecular flexibility index (Phi) is 3.31. The SMILES string of the molecule is Fc1cc(Cl)ccc1NC(=S)S. The maximum Gasteiger partial charge on any atom is 0.148 e. The van der Waals surface area contributed by atoms with E-state index in [2.05, 4.69) is 30.2 Å². The second-order valence-electron chi connectivity index (χ2n) is 2.05. The molecule has 0 unspecified atom stereocenters. The van der Waals surface area contributed by atoms with Crippen LogP contribution in [0.25, 0.3) is 0 Å². The van der Waals surface area contributed by atoms with Crippen LogP contribution >= 0.6 is 36.4 Å². The summed E-state index contributed by atoms with van der Waals surface area (Å²) in [7, 11) is 0. The van der Waals surface area contributed by atoms with Crippen molar-refractivity contribution in [2.45, 2.75) is 0 Å². The van der Waals surface area contributed by atoms with E-state index in [1.807, 2.05) is 0 Å². The molecule has 64 valence electrons. The summed E-state index contributed by atoms with van der Waals surface area (Å²) in [6.45, 7) is 0. The van der Waals surface area contributed by atoms with Crippen molar-refractivity contribution >= 4 is 46.5 Å². The summed E-state index contributed by atoms with van der Waals surface area (Å²) in [6, 6.07) is 4.27. The Labute approximate surface area is 85.3 Å². The van der Waals surface area contributed by atoms with Gasteiger partial charge >= 0.3 is 0 Å². The zero-order valence-corrected chi connectivity index (χ0v) is 8.31. The van der Waals surface area contributed by atoms with Gasteiger partial charge in [-0.1, -0.05) is 23.8 Å². The minimum atomic E-state index is -0.445. The lowest BCUT2D eigenvalue weighted by Gasteiger charge is -2.03. The van der Waals surface area contributed by atoms with Gasteiger partial charge < -0.3 is 5.32 Å². The summed E-state index contributed by atoms with van der Waals surface area (Å²) < 4.78 is 13.2. The molecule has 0 aliphatic rings. The van der Waals surface area contributed by atoms with Crippen LogP contribution in [0.15, 0.2) is 18.2 Å². The summed E-state index contributed by atoms with van der Waals surface area (Å²) in [5, 5.41) is 2.91. The molecule has 0 saturated carbocycles. The molecule has 1 N–H and O–H groups in total. The summed E-state index contributed by atoms with van der Waals surface area (Å²) >= 11 is 14.0. The summed E-state index contributed by atoms with van der Waals surface area (Å²) in [4.78, 5) is 0. The number of anilines is 1. The van der Waals surface area contributed by atoms with Gasteiger partial charge in [0.15, 0.2) is 0 Å². The molecular weight excluding hydrogens is 217 g/mol. The summed E-state index contributed by atoms with van der Waals surface area (Å²) in [6.07, 6.45) is 0. The normalized spacial score (nSPS) is 9.58. The first-order chi connectivity index (χ1) is 5.59. The standard InChI is InChI=1S/C7H5ClFNS2/c8-4-1-2-6(5(9)3-4)10-7(11)12/h1-3H,(H2,10,11,12). The van der Waals surface area contributed by atoms with Crippen molar-refractivity contribution in [3.63, 3.8) is 0 Å². The van der Waals surface area contributed by atoms with Crippen LogP contribution in [0.1, 0.15) is 0 Å². The number of hydrogen-bond acceptors (Lipinski definition) is 1. The summed E-state index contributed by atoms with van der Waals surface area (Å²) in [5.74, 6) is -0.445. The van der Waals surface area contributed by atoms with E-state index < -0.39 is 5.82 Å². The number of hydrogen-bond donors (Lipinski definition) is 2. The number of thiol groups is 1. The van der Waals surface area contributed by atoms with Gasteiger partial charge in [0.1, 0.15) is 10.1 Å². The highest BCUT2D eigenvalue weighted by Crippen LogP contribution is 2.18. The molecule has 0 aliphatic heterocycles. The first-order valence-electron chi connectivity index (χ1n) is 3.04. The van der Waals surface area contributed by atoms with Crippen molar-refractivity contribution in [1.82, 2.24) is 0 Å². The average Bonchev–Trinajstić information content (AvgIpc) is 1.94. The second kappa shape index (κ2) is 4.07. The first-order valence-corrected chi connectivity index (χ1v) is 4.28. The highest BCUT2D eigenvalue weighted by molar-refractivity contribution is 8.11. The minimum Gasteiger partial charge on any atom is -0.339 e. The summed E-state index contributed by atoms with van der Waals surface area (Å²) in [5.41, 5.74) is 0.277. The maximum absolute atomic E-state index is 13.0. The second-order valence-corrected chi connectivity index (χ2v) is 3.65. The van der Waals surface area contributed by atoms with E-state index >= 15 is 0 Å². The van der Waals surface area contributed by atoms with E-state index in [1.165, 1.54) is 12.1 Å². The van der Waals surface area contributed by atoms with Gasteiger partial charge in [-0.05, 0) is 18.2 Å². The molecule has 0 fully saturated rings. The molecule has 1 aromatic carbocycles. The van der Waals surface area contributed by atoms with E-state index in [4.69, 9.17) is 11.6 Å². The Balaban J connectivity index is 2.93.